The minimum atomic E-state index is -0.0489. The molecule has 1 N–H and O–H groups in total. The summed E-state index contributed by atoms with van der Waals surface area (Å²) in [6, 6.07) is 5.06. The first-order chi connectivity index (χ1) is 10.4. The highest BCUT2D eigenvalue weighted by molar-refractivity contribution is 6.42. The fourth-order valence-electron chi connectivity index (χ4n) is 2.41. The zero-order chi connectivity index (χ0) is 16.3. The molecule has 1 aromatic rings. The van der Waals surface area contributed by atoms with Crippen LogP contribution in [0.15, 0.2) is 18.2 Å². The van der Waals surface area contributed by atoms with Crippen molar-refractivity contribution in [2.24, 2.45) is 5.92 Å². The van der Waals surface area contributed by atoms with E-state index in [1.807, 2.05) is 13.8 Å². The monoisotopic (exact) mass is 342 g/mol. The number of halogens is 2. The molecule has 6 heteroatoms. The molecule has 2 amide bonds. The molecule has 0 saturated carbocycles. The van der Waals surface area contributed by atoms with Crippen molar-refractivity contribution in [2.45, 2.75) is 32.7 Å². The van der Waals surface area contributed by atoms with Crippen molar-refractivity contribution in [3.8, 4) is 0 Å². The number of rotatable bonds is 3. The normalized spacial score (nSPS) is 16.0. The lowest BCUT2D eigenvalue weighted by molar-refractivity contribution is -0.124. The topological polar surface area (TPSA) is 49.4 Å². The number of nitrogens with one attached hydrogen (secondary N) is 1. The highest BCUT2D eigenvalue weighted by Crippen LogP contribution is 2.24. The SMILES string of the molecule is CC(C)C(=O)NC1CCN(C(=O)c2ccc(Cl)c(Cl)c2)CC1. The van der Waals surface area contributed by atoms with Crippen molar-refractivity contribution in [2.75, 3.05) is 13.1 Å². The second-order valence-electron chi connectivity index (χ2n) is 5.86. The second-order valence-corrected chi connectivity index (χ2v) is 6.67. The Bertz CT molecular complexity index is 567. The predicted molar refractivity (Wildman–Crippen MR) is 88.4 cm³/mol. The molecule has 1 saturated heterocycles. The molecule has 0 spiro atoms. The number of hydrogen-bond donors (Lipinski definition) is 1. The van der Waals surface area contributed by atoms with Gasteiger partial charge >= 0.3 is 0 Å². The van der Waals surface area contributed by atoms with Gasteiger partial charge in [-0.3, -0.25) is 9.59 Å². The summed E-state index contributed by atoms with van der Waals surface area (Å²) < 4.78 is 0. The third-order valence-corrected chi connectivity index (χ3v) is 4.56. The number of amides is 2. The molecule has 120 valence electrons. The predicted octanol–water partition coefficient (Wildman–Crippen LogP) is 3.37. The summed E-state index contributed by atoms with van der Waals surface area (Å²) in [4.78, 5) is 25.9. The molecular formula is C16H20Cl2N2O2. The molecule has 1 aliphatic rings. The maximum absolute atomic E-state index is 12.4. The van der Waals surface area contributed by atoms with Crippen LogP contribution in [0.2, 0.25) is 10.0 Å². The molecule has 0 radical (unpaired) electrons. The van der Waals surface area contributed by atoms with Crippen molar-refractivity contribution < 1.29 is 9.59 Å². The molecular weight excluding hydrogens is 323 g/mol. The van der Waals surface area contributed by atoms with Gasteiger partial charge in [-0.05, 0) is 31.0 Å². The van der Waals surface area contributed by atoms with Crippen LogP contribution in [0.25, 0.3) is 0 Å². The van der Waals surface area contributed by atoms with Gasteiger partial charge in [-0.25, -0.2) is 0 Å². The third-order valence-electron chi connectivity index (χ3n) is 3.82. The van der Waals surface area contributed by atoms with Gasteiger partial charge in [0.05, 0.1) is 10.0 Å². The van der Waals surface area contributed by atoms with E-state index in [0.717, 1.165) is 12.8 Å². The Balaban J connectivity index is 1.92. The number of carbonyl (C=O) groups is 2. The van der Waals surface area contributed by atoms with Crippen LogP contribution in [-0.2, 0) is 4.79 Å². The van der Waals surface area contributed by atoms with Crippen molar-refractivity contribution in [3.63, 3.8) is 0 Å². The van der Waals surface area contributed by atoms with Crippen molar-refractivity contribution in [3.05, 3.63) is 33.8 Å². The molecule has 1 aliphatic heterocycles. The second kappa shape index (κ2) is 7.34. The minimum Gasteiger partial charge on any atom is -0.353 e. The van der Waals surface area contributed by atoms with E-state index in [4.69, 9.17) is 23.2 Å². The van der Waals surface area contributed by atoms with Gasteiger partial charge in [-0.1, -0.05) is 37.0 Å². The van der Waals surface area contributed by atoms with Gasteiger partial charge in [-0.15, -0.1) is 0 Å². The Kier molecular flexibility index (Phi) is 5.70. The number of piperidine rings is 1. The Hall–Kier alpha value is -1.26. The zero-order valence-corrected chi connectivity index (χ0v) is 14.2. The molecule has 0 bridgehead atoms. The molecule has 2 rings (SSSR count). The fraction of sp³-hybridized carbons (Fsp3) is 0.500. The summed E-state index contributed by atoms with van der Waals surface area (Å²) in [5.74, 6) is -0.00247. The number of benzene rings is 1. The smallest absolute Gasteiger partial charge is 0.253 e. The highest BCUT2D eigenvalue weighted by atomic mass is 35.5. The maximum Gasteiger partial charge on any atom is 0.253 e. The quantitative estimate of drug-likeness (QED) is 0.915. The van der Waals surface area contributed by atoms with Gasteiger partial charge in [0.1, 0.15) is 0 Å². The molecule has 0 aliphatic carbocycles. The fourth-order valence-corrected chi connectivity index (χ4v) is 2.70. The van der Waals surface area contributed by atoms with E-state index < -0.39 is 0 Å². The lowest BCUT2D eigenvalue weighted by atomic mass is 10.0. The zero-order valence-electron chi connectivity index (χ0n) is 12.7. The van der Waals surface area contributed by atoms with Crippen molar-refractivity contribution >= 4 is 35.0 Å². The molecule has 1 heterocycles. The summed E-state index contributed by atoms with van der Waals surface area (Å²) in [7, 11) is 0. The molecule has 0 atom stereocenters. The van der Waals surface area contributed by atoms with E-state index in [1.54, 1.807) is 23.1 Å². The van der Waals surface area contributed by atoms with E-state index in [2.05, 4.69) is 5.32 Å². The van der Waals surface area contributed by atoms with Gasteiger partial charge in [0.2, 0.25) is 5.91 Å². The van der Waals surface area contributed by atoms with Gasteiger partial charge in [0.15, 0.2) is 0 Å². The van der Waals surface area contributed by atoms with Crippen LogP contribution in [0.1, 0.15) is 37.0 Å². The van der Waals surface area contributed by atoms with E-state index in [1.165, 1.54) is 0 Å². The average molecular weight is 343 g/mol. The number of nitrogens with zero attached hydrogens (tertiary/aromatic N) is 1. The van der Waals surface area contributed by atoms with Crippen LogP contribution in [0.4, 0.5) is 0 Å². The summed E-state index contributed by atoms with van der Waals surface area (Å²) >= 11 is 11.8. The van der Waals surface area contributed by atoms with Crippen molar-refractivity contribution in [1.29, 1.82) is 0 Å². The lowest BCUT2D eigenvalue weighted by Crippen LogP contribution is -2.47. The Labute approximate surface area is 140 Å². The number of likely N-dealkylation sites (tertiary alicyclic amines) is 1. The lowest BCUT2D eigenvalue weighted by Gasteiger charge is -2.32. The number of hydrogen-bond acceptors (Lipinski definition) is 2. The standard InChI is InChI=1S/C16H20Cl2N2O2/c1-10(2)15(21)19-12-5-7-20(8-6-12)16(22)11-3-4-13(17)14(18)9-11/h3-4,9-10,12H,5-8H2,1-2H3,(H,19,21). The van der Waals surface area contributed by atoms with Crippen LogP contribution >= 0.6 is 23.2 Å². The van der Waals surface area contributed by atoms with Crippen LogP contribution in [0.5, 0.6) is 0 Å². The highest BCUT2D eigenvalue weighted by Gasteiger charge is 2.25. The largest absolute Gasteiger partial charge is 0.353 e. The minimum absolute atomic E-state index is 0.0177. The summed E-state index contributed by atoms with van der Waals surface area (Å²) in [5.41, 5.74) is 0.541. The molecule has 4 nitrogen and oxygen atoms in total. The number of carbonyl (C=O) groups excluding carboxylic acids is 2. The van der Waals surface area contributed by atoms with Crippen LogP contribution in [0.3, 0.4) is 0 Å². The first-order valence-electron chi connectivity index (χ1n) is 7.43. The van der Waals surface area contributed by atoms with E-state index in [0.29, 0.717) is 28.7 Å². The molecule has 0 unspecified atom stereocenters. The van der Waals surface area contributed by atoms with E-state index in [9.17, 15) is 9.59 Å². The molecule has 1 fully saturated rings. The van der Waals surface area contributed by atoms with E-state index >= 15 is 0 Å². The third kappa shape index (κ3) is 4.14. The van der Waals surface area contributed by atoms with Crippen molar-refractivity contribution in [1.82, 2.24) is 10.2 Å². The molecule has 22 heavy (non-hydrogen) atoms. The first-order valence-corrected chi connectivity index (χ1v) is 8.18. The Morgan fingerprint density at radius 3 is 2.36 bits per heavy atom. The van der Waals surface area contributed by atoms with Crippen LogP contribution in [-0.4, -0.2) is 35.8 Å². The van der Waals surface area contributed by atoms with Crippen LogP contribution in [0, 0.1) is 5.92 Å². The maximum atomic E-state index is 12.4. The van der Waals surface area contributed by atoms with Gasteiger partial charge in [-0.2, -0.15) is 0 Å². The summed E-state index contributed by atoms with van der Waals surface area (Å²) in [6.07, 6.45) is 1.54. The molecule has 0 aromatic heterocycles. The molecule has 1 aromatic carbocycles. The van der Waals surface area contributed by atoms with Gasteiger partial charge in [0, 0.05) is 30.6 Å². The summed E-state index contributed by atoms with van der Waals surface area (Å²) in [5, 5.41) is 3.84. The van der Waals surface area contributed by atoms with Gasteiger partial charge in [0.25, 0.3) is 5.91 Å². The Morgan fingerprint density at radius 1 is 1.18 bits per heavy atom. The Morgan fingerprint density at radius 2 is 1.82 bits per heavy atom. The first kappa shape index (κ1) is 17.1. The van der Waals surface area contributed by atoms with Crippen LogP contribution < -0.4 is 5.32 Å². The average Bonchev–Trinajstić information content (AvgIpc) is 2.50. The summed E-state index contributed by atoms with van der Waals surface area (Å²) in [6.45, 7) is 5.00. The van der Waals surface area contributed by atoms with Gasteiger partial charge < -0.3 is 10.2 Å². The van der Waals surface area contributed by atoms with E-state index in [-0.39, 0.29) is 23.8 Å².